The first-order valence-corrected chi connectivity index (χ1v) is 7.36. The largest absolute Gasteiger partial charge is 0.352 e. The Kier molecular flexibility index (Phi) is 3.88. The SMILES string of the molecule is CN1CCC(C(=O)NCc2cnc3c(cnn3C)c2)CC1. The molecule has 21 heavy (non-hydrogen) atoms. The Bertz CT molecular complexity index is 643. The summed E-state index contributed by atoms with van der Waals surface area (Å²) in [6.07, 6.45) is 5.49. The van der Waals surface area contributed by atoms with Crippen LogP contribution in [0, 0.1) is 5.92 Å². The Morgan fingerprint density at radius 2 is 2.10 bits per heavy atom. The molecule has 6 heteroatoms. The quantitative estimate of drug-likeness (QED) is 0.912. The summed E-state index contributed by atoms with van der Waals surface area (Å²) in [5.74, 6) is 0.311. The Balaban J connectivity index is 1.59. The molecule has 0 radical (unpaired) electrons. The van der Waals surface area contributed by atoms with Gasteiger partial charge in [-0.25, -0.2) is 4.98 Å². The molecule has 1 aliphatic heterocycles. The standard InChI is InChI=1S/C15H21N5O/c1-19-5-3-12(4-6-19)15(21)17-9-11-7-13-10-18-20(2)14(13)16-8-11/h7-8,10,12H,3-6,9H2,1-2H3,(H,17,21). The second kappa shape index (κ2) is 5.81. The molecule has 0 aliphatic carbocycles. The van der Waals surface area contributed by atoms with Crippen molar-refractivity contribution in [1.82, 2.24) is 25.0 Å². The minimum atomic E-state index is 0.149. The summed E-state index contributed by atoms with van der Waals surface area (Å²) in [4.78, 5) is 18.8. The van der Waals surface area contributed by atoms with Crippen LogP contribution < -0.4 is 5.32 Å². The smallest absolute Gasteiger partial charge is 0.223 e. The van der Waals surface area contributed by atoms with Crippen molar-refractivity contribution < 1.29 is 4.79 Å². The molecule has 2 aromatic heterocycles. The van der Waals surface area contributed by atoms with Gasteiger partial charge >= 0.3 is 0 Å². The third-order valence-electron chi connectivity index (χ3n) is 4.18. The zero-order chi connectivity index (χ0) is 14.8. The lowest BCUT2D eigenvalue weighted by atomic mass is 9.96. The number of piperidine rings is 1. The number of fused-ring (bicyclic) bond motifs is 1. The predicted molar refractivity (Wildman–Crippen MR) is 80.6 cm³/mol. The molecule has 1 fully saturated rings. The van der Waals surface area contributed by atoms with Crippen molar-refractivity contribution in [3.05, 3.63) is 24.0 Å². The van der Waals surface area contributed by atoms with E-state index < -0.39 is 0 Å². The van der Waals surface area contributed by atoms with Gasteiger partial charge in [-0.05, 0) is 44.6 Å². The number of rotatable bonds is 3. The zero-order valence-electron chi connectivity index (χ0n) is 12.5. The molecule has 1 aliphatic rings. The van der Waals surface area contributed by atoms with Crippen LogP contribution >= 0.6 is 0 Å². The summed E-state index contributed by atoms with van der Waals surface area (Å²) in [7, 11) is 3.97. The predicted octanol–water partition coefficient (Wildman–Crippen LogP) is 0.926. The highest BCUT2D eigenvalue weighted by Crippen LogP contribution is 2.16. The first-order chi connectivity index (χ1) is 10.1. The van der Waals surface area contributed by atoms with E-state index in [1.165, 1.54) is 0 Å². The summed E-state index contributed by atoms with van der Waals surface area (Å²) >= 11 is 0. The minimum Gasteiger partial charge on any atom is -0.352 e. The molecule has 0 aromatic carbocycles. The molecular weight excluding hydrogens is 266 g/mol. The van der Waals surface area contributed by atoms with Gasteiger partial charge in [-0.15, -0.1) is 0 Å². The van der Waals surface area contributed by atoms with Gasteiger partial charge in [0.15, 0.2) is 5.65 Å². The van der Waals surface area contributed by atoms with E-state index in [1.54, 1.807) is 17.1 Å². The molecule has 1 saturated heterocycles. The number of hydrogen-bond acceptors (Lipinski definition) is 4. The van der Waals surface area contributed by atoms with Crippen LogP contribution in [0.15, 0.2) is 18.5 Å². The van der Waals surface area contributed by atoms with Crippen LogP contribution in [0.4, 0.5) is 0 Å². The lowest BCUT2D eigenvalue weighted by Crippen LogP contribution is -2.38. The fourth-order valence-corrected chi connectivity index (χ4v) is 2.79. The Hall–Kier alpha value is -1.95. The lowest BCUT2D eigenvalue weighted by molar-refractivity contribution is -0.126. The van der Waals surface area contributed by atoms with Crippen LogP contribution in [-0.4, -0.2) is 45.7 Å². The summed E-state index contributed by atoms with van der Waals surface area (Å²) in [6, 6.07) is 2.03. The average Bonchev–Trinajstić information content (AvgIpc) is 2.86. The molecule has 1 N–H and O–H groups in total. The number of carbonyl (C=O) groups is 1. The highest BCUT2D eigenvalue weighted by Gasteiger charge is 2.22. The molecule has 112 valence electrons. The molecule has 0 unspecified atom stereocenters. The Morgan fingerprint density at radius 3 is 2.86 bits per heavy atom. The third kappa shape index (κ3) is 3.05. The van der Waals surface area contributed by atoms with Gasteiger partial charge in [0.2, 0.25) is 5.91 Å². The van der Waals surface area contributed by atoms with Gasteiger partial charge < -0.3 is 10.2 Å². The van der Waals surface area contributed by atoms with Gasteiger partial charge in [-0.3, -0.25) is 9.48 Å². The number of amides is 1. The molecular formula is C15H21N5O. The van der Waals surface area contributed by atoms with E-state index in [0.717, 1.165) is 42.5 Å². The number of likely N-dealkylation sites (tertiary alicyclic amines) is 1. The van der Waals surface area contributed by atoms with E-state index >= 15 is 0 Å². The van der Waals surface area contributed by atoms with Gasteiger partial charge in [-0.1, -0.05) is 0 Å². The molecule has 2 aromatic rings. The minimum absolute atomic E-state index is 0.149. The van der Waals surface area contributed by atoms with Crippen molar-refractivity contribution in [3.63, 3.8) is 0 Å². The normalized spacial score (nSPS) is 17.2. The van der Waals surface area contributed by atoms with Crippen LogP contribution in [0.3, 0.4) is 0 Å². The maximum absolute atomic E-state index is 12.2. The van der Waals surface area contributed by atoms with E-state index in [2.05, 4.69) is 27.3 Å². The maximum atomic E-state index is 12.2. The summed E-state index contributed by atoms with van der Waals surface area (Å²) in [5, 5.41) is 8.21. The second-order valence-electron chi connectivity index (χ2n) is 5.82. The highest BCUT2D eigenvalue weighted by molar-refractivity contribution is 5.79. The maximum Gasteiger partial charge on any atom is 0.223 e. The molecule has 1 amide bonds. The van der Waals surface area contributed by atoms with Crippen molar-refractivity contribution in [2.45, 2.75) is 19.4 Å². The third-order valence-corrected chi connectivity index (χ3v) is 4.18. The first-order valence-electron chi connectivity index (χ1n) is 7.36. The number of nitrogens with zero attached hydrogens (tertiary/aromatic N) is 4. The van der Waals surface area contributed by atoms with Crippen LogP contribution in [-0.2, 0) is 18.4 Å². The van der Waals surface area contributed by atoms with Crippen molar-refractivity contribution in [1.29, 1.82) is 0 Å². The lowest BCUT2D eigenvalue weighted by Gasteiger charge is -2.28. The zero-order valence-corrected chi connectivity index (χ0v) is 12.5. The number of aromatic nitrogens is 3. The van der Waals surface area contributed by atoms with Crippen LogP contribution in [0.2, 0.25) is 0 Å². The summed E-state index contributed by atoms with van der Waals surface area (Å²) in [5.41, 5.74) is 1.87. The first kappa shape index (κ1) is 14.0. The van der Waals surface area contributed by atoms with Gasteiger partial charge in [0.1, 0.15) is 0 Å². The van der Waals surface area contributed by atoms with E-state index in [9.17, 15) is 4.79 Å². The van der Waals surface area contributed by atoms with Crippen LogP contribution in [0.5, 0.6) is 0 Å². The van der Waals surface area contributed by atoms with E-state index in [0.29, 0.717) is 6.54 Å². The number of hydrogen-bond donors (Lipinski definition) is 1. The molecule has 3 heterocycles. The number of nitrogens with one attached hydrogen (secondary N) is 1. The molecule has 0 spiro atoms. The molecule has 3 rings (SSSR count). The van der Waals surface area contributed by atoms with Crippen molar-refractivity contribution in [2.24, 2.45) is 13.0 Å². The monoisotopic (exact) mass is 287 g/mol. The number of carbonyl (C=O) groups excluding carboxylic acids is 1. The highest BCUT2D eigenvalue weighted by atomic mass is 16.1. The van der Waals surface area contributed by atoms with Gasteiger partial charge in [0.25, 0.3) is 0 Å². The Morgan fingerprint density at radius 1 is 1.33 bits per heavy atom. The topological polar surface area (TPSA) is 63.1 Å². The van der Waals surface area contributed by atoms with Gasteiger partial charge in [0, 0.05) is 31.1 Å². The van der Waals surface area contributed by atoms with Crippen LogP contribution in [0.1, 0.15) is 18.4 Å². The molecule has 6 nitrogen and oxygen atoms in total. The Labute approximate surface area is 124 Å². The second-order valence-corrected chi connectivity index (χ2v) is 5.82. The van der Waals surface area contributed by atoms with Crippen molar-refractivity contribution in [2.75, 3.05) is 20.1 Å². The van der Waals surface area contributed by atoms with Crippen molar-refractivity contribution in [3.8, 4) is 0 Å². The molecule has 0 bridgehead atoms. The summed E-state index contributed by atoms with van der Waals surface area (Å²) < 4.78 is 1.75. The van der Waals surface area contributed by atoms with Crippen molar-refractivity contribution >= 4 is 16.9 Å². The molecule has 0 saturated carbocycles. The van der Waals surface area contributed by atoms with E-state index in [4.69, 9.17) is 0 Å². The van der Waals surface area contributed by atoms with E-state index in [1.807, 2.05) is 13.1 Å². The van der Waals surface area contributed by atoms with Crippen LogP contribution in [0.25, 0.3) is 11.0 Å². The summed E-state index contributed by atoms with van der Waals surface area (Å²) in [6.45, 7) is 2.53. The number of aryl methyl sites for hydroxylation is 1. The number of pyridine rings is 1. The van der Waals surface area contributed by atoms with E-state index in [-0.39, 0.29) is 11.8 Å². The van der Waals surface area contributed by atoms with Gasteiger partial charge in [0.05, 0.1) is 6.20 Å². The fraction of sp³-hybridized carbons (Fsp3) is 0.533. The average molecular weight is 287 g/mol. The fourth-order valence-electron chi connectivity index (χ4n) is 2.79. The molecule has 0 atom stereocenters. The van der Waals surface area contributed by atoms with Gasteiger partial charge in [-0.2, -0.15) is 5.10 Å².